The first-order chi connectivity index (χ1) is 13.2. The molecule has 0 fully saturated rings. The van der Waals surface area contributed by atoms with E-state index in [-0.39, 0.29) is 5.91 Å². The van der Waals surface area contributed by atoms with E-state index in [0.29, 0.717) is 24.5 Å². The topological polar surface area (TPSA) is 47.6 Å². The summed E-state index contributed by atoms with van der Waals surface area (Å²) < 4.78 is 12.1. The van der Waals surface area contributed by atoms with Gasteiger partial charge in [-0.25, -0.2) is 0 Å². The van der Waals surface area contributed by atoms with E-state index in [0.717, 1.165) is 21.3 Å². The van der Waals surface area contributed by atoms with Crippen molar-refractivity contribution < 1.29 is 14.3 Å². The molecule has 3 aromatic rings. The van der Waals surface area contributed by atoms with Crippen LogP contribution in [0.5, 0.6) is 5.75 Å². The summed E-state index contributed by atoms with van der Waals surface area (Å²) in [4.78, 5) is 12.6. The highest BCUT2D eigenvalue weighted by atomic mass is 79.9. The number of methoxy groups -OCH3 is 1. The summed E-state index contributed by atoms with van der Waals surface area (Å²) >= 11 is 3.40. The molecule has 27 heavy (non-hydrogen) atoms. The Morgan fingerprint density at radius 2 is 1.78 bits per heavy atom. The fourth-order valence-electron chi connectivity index (χ4n) is 2.66. The molecule has 0 aromatic heterocycles. The Bertz CT molecular complexity index is 912. The number of rotatable bonds is 7. The molecular formula is C22H20BrNO3. The van der Waals surface area contributed by atoms with Crippen LogP contribution >= 0.6 is 15.9 Å². The molecule has 0 atom stereocenters. The van der Waals surface area contributed by atoms with Crippen molar-refractivity contribution in [3.63, 3.8) is 0 Å². The number of carbonyl (C=O) groups excluding carboxylic acids is 1. The Morgan fingerprint density at radius 3 is 2.52 bits per heavy atom. The molecule has 0 spiro atoms. The maximum absolute atomic E-state index is 12.6. The first-order valence-corrected chi connectivity index (χ1v) is 9.30. The molecule has 0 bridgehead atoms. The highest BCUT2D eigenvalue weighted by molar-refractivity contribution is 9.10. The van der Waals surface area contributed by atoms with E-state index >= 15 is 0 Å². The summed E-state index contributed by atoms with van der Waals surface area (Å²) in [6, 6.07) is 22.8. The van der Waals surface area contributed by atoms with Gasteiger partial charge in [-0.15, -0.1) is 0 Å². The molecule has 1 amide bonds. The second-order valence-electron chi connectivity index (χ2n) is 5.97. The minimum Gasteiger partial charge on any atom is -0.496 e. The first-order valence-electron chi connectivity index (χ1n) is 8.51. The Morgan fingerprint density at radius 1 is 0.963 bits per heavy atom. The number of carbonyl (C=O) groups is 1. The summed E-state index contributed by atoms with van der Waals surface area (Å²) in [7, 11) is 1.61. The van der Waals surface area contributed by atoms with E-state index in [1.165, 1.54) is 0 Å². The number of halogens is 1. The minimum absolute atomic E-state index is 0.180. The number of amides is 1. The Labute approximate surface area is 167 Å². The Kier molecular flexibility index (Phi) is 6.63. The average molecular weight is 426 g/mol. The van der Waals surface area contributed by atoms with Gasteiger partial charge < -0.3 is 14.8 Å². The third-order valence-corrected chi connectivity index (χ3v) is 4.49. The summed E-state index contributed by atoms with van der Waals surface area (Å²) in [5.41, 5.74) is 3.21. The summed E-state index contributed by atoms with van der Waals surface area (Å²) in [5, 5.41) is 2.90. The molecule has 3 rings (SSSR count). The summed E-state index contributed by atoms with van der Waals surface area (Å²) in [6.07, 6.45) is 0. The lowest BCUT2D eigenvalue weighted by atomic mass is 10.1. The molecule has 4 nitrogen and oxygen atoms in total. The zero-order chi connectivity index (χ0) is 19.1. The van der Waals surface area contributed by atoms with Crippen molar-refractivity contribution in [2.45, 2.75) is 13.2 Å². The van der Waals surface area contributed by atoms with Crippen molar-refractivity contribution in [2.24, 2.45) is 0 Å². The van der Waals surface area contributed by atoms with Gasteiger partial charge in [0.25, 0.3) is 5.91 Å². The van der Waals surface area contributed by atoms with Crippen molar-refractivity contribution in [3.05, 3.63) is 94.0 Å². The van der Waals surface area contributed by atoms with E-state index < -0.39 is 0 Å². The molecule has 0 aliphatic carbocycles. The fourth-order valence-corrected chi connectivity index (χ4v) is 3.05. The van der Waals surface area contributed by atoms with E-state index in [4.69, 9.17) is 9.47 Å². The molecule has 3 aromatic carbocycles. The van der Waals surface area contributed by atoms with Crippen LogP contribution in [-0.2, 0) is 18.0 Å². The second kappa shape index (κ2) is 9.35. The van der Waals surface area contributed by atoms with Crippen molar-refractivity contribution >= 4 is 27.5 Å². The van der Waals surface area contributed by atoms with Crippen LogP contribution in [0.4, 0.5) is 5.69 Å². The smallest absolute Gasteiger partial charge is 0.255 e. The van der Waals surface area contributed by atoms with Crippen molar-refractivity contribution in [1.29, 1.82) is 0 Å². The maximum Gasteiger partial charge on any atom is 0.255 e. The van der Waals surface area contributed by atoms with Crippen LogP contribution in [0.2, 0.25) is 0 Å². The lowest BCUT2D eigenvalue weighted by Gasteiger charge is -2.12. The molecule has 0 heterocycles. The molecule has 1 N–H and O–H groups in total. The minimum atomic E-state index is -0.180. The van der Waals surface area contributed by atoms with Crippen LogP contribution in [0, 0.1) is 0 Å². The standard InChI is InChI=1S/C22H20BrNO3/c1-26-21-11-10-17(22(25)24-20-9-5-8-19(23)13-20)12-18(21)15-27-14-16-6-3-2-4-7-16/h2-13H,14-15H2,1H3,(H,24,25). The molecule has 0 unspecified atom stereocenters. The first kappa shape index (κ1) is 19.1. The number of benzene rings is 3. The van der Waals surface area contributed by atoms with Gasteiger partial charge in [0, 0.05) is 21.3 Å². The van der Waals surface area contributed by atoms with Crippen molar-refractivity contribution in [3.8, 4) is 5.75 Å². The van der Waals surface area contributed by atoms with Gasteiger partial charge in [-0.05, 0) is 42.0 Å². The van der Waals surface area contributed by atoms with Crippen molar-refractivity contribution in [1.82, 2.24) is 0 Å². The average Bonchev–Trinajstić information content (AvgIpc) is 2.69. The number of hydrogen-bond acceptors (Lipinski definition) is 3. The number of hydrogen-bond donors (Lipinski definition) is 1. The second-order valence-corrected chi connectivity index (χ2v) is 6.89. The lowest BCUT2D eigenvalue weighted by Crippen LogP contribution is -2.12. The van der Waals surface area contributed by atoms with Gasteiger partial charge in [-0.1, -0.05) is 52.3 Å². The van der Waals surface area contributed by atoms with Gasteiger partial charge in [0.05, 0.1) is 20.3 Å². The molecular weight excluding hydrogens is 406 g/mol. The third kappa shape index (κ3) is 5.42. The van der Waals surface area contributed by atoms with Crippen LogP contribution in [-0.4, -0.2) is 13.0 Å². The van der Waals surface area contributed by atoms with Gasteiger partial charge in [0.2, 0.25) is 0 Å². The molecule has 138 valence electrons. The van der Waals surface area contributed by atoms with E-state index in [9.17, 15) is 4.79 Å². The van der Waals surface area contributed by atoms with Gasteiger partial charge in [-0.3, -0.25) is 4.79 Å². The molecule has 0 radical (unpaired) electrons. The van der Waals surface area contributed by atoms with Crippen LogP contribution in [0.3, 0.4) is 0 Å². The fraction of sp³-hybridized carbons (Fsp3) is 0.136. The van der Waals surface area contributed by atoms with Crippen LogP contribution in [0.1, 0.15) is 21.5 Å². The summed E-state index contributed by atoms with van der Waals surface area (Å²) in [6.45, 7) is 0.856. The van der Waals surface area contributed by atoms with E-state index in [1.807, 2.05) is 54.6 Å². The van der Waals surface area contributed by atoms with Crippen LogP contribution in [0.25, 0.3) is 0 Å². The van der Waals surface area contributed by atoms with Crippen LogP contribution < -0.4 is 10.1 Å². The maximum atomic E-state index is 12.6. The zero-order valence-electron chi connectivity index (χ0n) is 14.9. The Balaban J connectivity index is 1.69. The monoisotopic (exact) mass is 425 g/mol. The van der Waals surface area contributed by atoms with Gasteiger partial charge in [-0.2, -0.15) is 0 Å². The molecule has 0 aliphatic rings. The SMILES string of the molecule is COc1ccc(C(=O)Nc2cccc(Br)c2)cc1COCc1ccccc1. The van der Waals surface area contributed by atoms with E-state index in [1.54, 1.807) is 25.3 Å². The van der Waals surface area contributed by atoms with Gasteiger partial charge in [0.15, 0.2) is 0 Å². The zero-order valence-corrected chi connectivity index (χ0v) is 16.5. The third-order valence-electron chi connectivity index (χ3n) is 3.99. The lowest BCUT2D eigenvalue weighted by molar-refractivity contribution is 0.102. The Hall–Kier alpha value is -2.63. The summed E-state index contributed by atoms with van der Waals surface area (Å²) in [5.74, 6) is 0.516. The molecule has 0 aliphatic heterocycles. The van der Waals surface area contributed by atoms with Crippen LogP contribution in [0.15, 0.2) is 77.3 Å². The van der Waals surface area contributed by atoms with Crippen molar-refractivity contribution in [2.75, 3.05) is 12.4 Å². The molecule has 0 saturated carbocycles. The van der Waals surface area contributed by atoms with Gasteiger partial charge in [0.1, 0.15) is 5.75 Å². The highest BCUT2D eigenvalue weighted by Gasteiger charge is 2.11. The largest absolute Gasteiger partial charge is 0.496 e. The predicted molar refractivity (Wildman–Crippen MR) is 110 cm³/mol. The van der Waals surface area contributed by atoms with Gasteiger partial charge >= 0.3 is 0 Å². The highest BCUT2D eigenvalue weighted by Crippen LogP contribution is 2.23. The predicted octanol–water partition coefficient (Wildman–Crippen LogP) is 5.43. The molecule has 0 saturated heterocycles. The number of ether oxygens (including phenoxy) is 2. The number of anilines is 1. The van der Waals surface area contributed by atoms with E-state index in [2.05, 4.69) is 21.2 Å². The normalized spacial score (nSPS) is 10.4. The number of nitrogens with one attached hydrogen (secondary N) is 1. The molecule has 5 heteroatoms. The quantitative estimate of drug-likeness (QED) is 0.548.